The number of carboxylic acids is 1. The monoisotopic (exact) mass is 358 g/mol. The van der Waals surface area contributed by atoms with Gasteiger partial charge in [-0.1, -0.05) is 57.6 Å². The van der Waals surface area contributed by atoms with E-state index in [-0.39, 0.29) is 6.42 Å². The summed E-state index contributed by atoms with van der Waals surface area (Å²) in [5.74, 6) is -4.77. The van der Waals surface area contributed by atoms with Crippen LogP contribution >= 0.6 is 0 Å². The Balaban J connectivity index is 2.41. The van der Waals surface area contributed by atoms with Gasteiger partial charge in [-0.3, -0.25) is 0 Å². The summed E-state index contributed by atoms with van der Waals surface area (Å²) in [5.41, 5.74) is 0. The van der Waals surface area contributed by atoms with E-state index < -0.39 is 24.2 Å². The number of allylic oxidation sites excluding steroid dienone is 2. The van der Waals surface area contributed by atoms with Crippen molar-refractivity contribution < 1.29 is 28.0 Å². The third-order valence-electron chi connectivity index (χ3n) is 5.10. The molecule has 5 heteroatoms. The second kappa shape index (κ2) is 11.7. The first kappa shape index (κ1) is 18.9. The molecule has 0 bridgehead atoms. The van der Waals surface area contributed by atoms with Gasteiger partial charge in [-0.05, 0) is 50.3 Å². The summed E-state index contributed by atoms with van der Waals surface area (Å²) in [5, 5.41) is 37.4. The molecule has 0 saturated heterocycles. The molecule has 0 spiro atoms. The first-order chi connectivity index (χ1) is 12.6. The maximum Gasteiger partial charge on any atom is 0.366 e. The molecule has 1 aliphatic carbocycles. The molecule has 4 atom stereocenters. The Kier molecular flexibility index (Phi) is 8.80. The number of aliphatic hydroxyl groups is 3. The van der Waals surface area contributed by atoms with Crippen LogP contribution in [0.1, 0.15) is 86.7 Å². The largest absolute Gasteiger partial charge is 0.477 e. The van der Waals surface area contributed by atoms with Gasteiger partial charge in [-0.2, -0.15) is 0 Å². The highest BCUT2D eigenvalue weighted by Crippen LogP contribution is 2.36. The smallest absolute Gasteiger partial charge is 0.366 e. The van der Waals surface area contributed by atoms with Crippen molar-refractivity contribution in [2.45, 2.75) is 95.8 Å². The summed E-state index contributed by atoms with van der Waals surface area (Å²) in [6.07, 6.45) is 10.7. The molecule has 0 aromatic heterocycles. The Morgan fingerprint density at radius 3 is 2.72 bits per heavy atom. The Morgan fingerprint density at radius 2 is 2.04 bits per heavy atom. The molecule has 5 nitrogen and oxygen atoms in total. The van der Waals surface area contributed by atoms with E-state index in [2.05, 4.69) is 19.1 Å². The molecule has 0 radical (unpaired) electrons. The van der Waals surface area contributed by atoms with Crippen LogP contribution in [0.4, 0.5) is 0 Å². The predicted octanol–water partition coefficient (Wildman–Crippen LogP) is 3.62. The second-order valence-electron chi connectivity index (χ2n) is 7.13. The van der Waals surface area contributed by atoms with Crippen molar-refractivity contribution in [1.82, 2.24) is 0 Å². The Bertz CT molecular complexity index is 479. The molecule has 1 aliphatic rings. The van der Waals surface area contributed by atoms with Crippen LogP contribution in [-0.2, 0) is 4.79 Å². The van der Waals surface area contributed by atoms with E-state index >= 15 is 0 Å². The number of hydrogen-bond donors (Lipinski definition) is 4. The molecular formula is C20H36O5. The maximum absolute atomic E-state index is 10.8. The van der Waals surface area contributed by atoms with E-state index in [1.165, 1.54) is 25.7 Å². The molecular weight excluding hydrogens is 320 g/mol. The minimum absolute atomic E-state index is 0.0418. The van der Waals surface area contributed by atoms with E-state index in [1.54, 1.807) is 0 Å². The standard InChI is InChI=1S/C20H36O5/c1-2-3-4-5-6-7-11-16-13-10-14-17(16)12-8-9-15-18(21)20(24,25)19(22)23/h7,11,16-18,21,24-25H,2-6,8-10,12-15H2,1H3,(H,22,23)/t16-,17-,18?/m0/s1/i15D,18D/t15?,16-,17-,18?. The average molecular weight is 359 g/mol. The highest BCUT2D eigenvalue weighted by Gasteiger charge is 2.41. The molecule has 25 heavy (non-hydrogen) atoms. The van der Waals surface area contributed by atoms with Gasteiger partial charge in [0.15, 0.2) is 0 Å². The molecule has 0 aromatic rings. The quantitative estimate of drug-likeness (QED) is 0.229. The lowest BCUT2D eigenvalue weighted by atomic mass is 9.89. The summed E-state index contributed by atoms with van der Waals surface area (Å²) in [4.78, 5) is 10.8. The molecule has 1 rings (SSSR count). The fourth-order valence-corrected chi connectivity index (χ4v) is 3.51. The molecule has 0 aromatic carbocycles. The van der Waals surface area contributed by atoms with Crippen molar-refractivity contribution in [2.24, 2.45) is 11.8 Å². The van der Waals surface area contributed by atoms with Gasteiger partial charge in [0.2, 0.25) is 0 Å². The predicted molar refractivity (Wildman–Crippen MR) is 98.0 cm³/mol. The van der Waals surface area contributed by atoms with Gasteiger partial charge in [0.25, 0.3) is 5.79 Å². The molecule has 0 heterocycles. The van der Waals surface area contributed by atoms with Crippen molar-refractivity contribution in [3.63, 3.8) is 0 Å². The summed E-state index contributed by atoms with van der Waals surface area (Å²) in [6, 6.07) is 0. The van der Waals surface area contributed by atoms with E-state index in [0.717, 1.165) is 32.1 Å². The van der Waals surface area contributed by atoms with Gasteiger partial charge >= 0.3 is 5.97 Å². The Hall–Kier alpha value is -0.910. The van der Waals surface area contributed by atoms with Crippen LogP contribution in [0.3, 0.4) is 0 Å². The lowest BCUT2D eigenvalue weighted by Crippen LogP contribution is -2.49. The molecule has 0 amide bonds. The first-order valence-corrected chi connectivity index (χ1v) is 9.64. The van der Waals surface area contributed by atoms with Crippen LogP contribution < -0.4 is 0 Å². The fraction of sp³-hybridized carbons (Fsp3) is 0.850. The number of hydrogen-bond acceptors (Lipinski definition) is 4. The van der Waals surface area contributed by atoms with Crippen molar-refractivity contribution in [2.75, 3.05) is 0 Å². The molecule has 0 aliphatic heterocycles. The fourth-order valence-electron chi connectivity index (χ4n) is 3.51. The lowest BCUT2D eigenvalue weighted by Gasteiger charge is -2.23. The van der Waals surface area contributed by atoms with E-state index in [1.807, 2.05) is 0 Å². The van der Waals surface area contributed by atoms with Gasteiger partial charge in [0.05, 0.1) is 1.37 Å². The van der Waals surface area contributed by atoms with Crippen molar-refractivity contribution in [3.8, 4) is 0 Å². The van der Waals surface area contributed by atoms with E-state index in [0.29, 0.717) is 18.3 Å². The van der Waals surface area contributed by atoms with Crippen LogP contribution in [-0.4, -0.2) is 38.3 Å². The highest BCUT2D eigenvalue weighted by atomic mass is 16.6. The van der Waals surface area contributed by atoms with Crippen LogP contribution in [0.2, 0.25) is 0 Å². The molecule has 1 fully saturated rings. The number of rotatable bonds is 13. The first-order valence-electron chi connectivity index (χ1n) is 10.7. The van der Waals surface area contributed by atoms with Gasteiger partial charge in [-0.15, -0.1) is 0 Å². The number of unbranched alkanes of at least 4 members (excludes halogenated alkanes) is 4. The van der Waals surface area contributed by atoms with Crippen LogP contribution in [0.15, 0.2) is 12.2 Å². The zero-order valence-corrected chi connectivity index (χ0v) is 15.4. The maximum atomic E-state index is 10.8. The average Bonchev–Trinajstić information content (AvgIpc) is 3.04. The number of carboxylic acid groups (broad SMARTS) is 1. The topological polar surface area (TPSA) is 98.0 Å². The SMILES string of the molecule is [2H]C(CCC[C@H]1CCC[C@@H]1C=CCCCCCC)C([2H])(O)C(O)(O)C(=O)O. The number of carbonyl (C=O) groups is 1. The normalized spacial score (nSPS) is 26.2. The van der Waals surface area contributed by atoms with E-state index in [4.69, 9.17) is 7.85 Å². The van der Waals surface area contributed by atoms with Crippen LogP contribution in [0, 0.1) is 11.8 Å². The Morgan fingerprint density at radius 1 is 1.28 bits per heavy atom. The molecule has 1 saturated carbocycles. The molecule has 146 valence electrons. The van der Waals surface area contributed by atoms with Crippen LogP contribution in [0.25, 0.3) is 0 Å². The van der Waals surface area contributed by atoms with Gasteiger partial charge < -0.3 is 20.4 Å². The lowest BCUT2D eigenvalue weighted by molar-refractivity contribution is -0.237. The zero-order chi connectivity index (χ0) is 20.5. The van der Waals surface area contributed by atoms with Crippen molar-refractivity contribution in [3.05, 3.63) is 12.2 Å². The third-order valence-corrected chi connectivity index (χ3v) is 5.10. The zero-order valence-electron chi connectivity index (χ0n) is 17.4. The minimum Gasteiger partial charge on any atom is -0.477 e. The van der Waals surface area contributed by atoms with Crippen molar-refractivity contribution >= 4 is 5.97 Å². The highest BCUT2D eigenvalue weighted by molar-refractivity contribution is 5.75. The van der Waals surface area contributed by atoms with Gasteiger partial charge in [0, 0.05) is 1.37 Å². The summed E-state index contributed by atoms with van der Waals surface area (Å²) in [6.45, 7) is 2.20. The van der Waals surface area contributed by atoms with E-state index in [9.17, 15) is 20.1 Å². The Labute approximate surface area is 154 Å². The summed E-state index contributed by atoms with van der Waals surface area (Å²) >= 11 is 0. The van der Waals surface area contributed by atoms with Crippen LogP contribution in [0.5, 0.6) is 0 Å². The molecule has 4 N–H and O–H groups in total. The number of aliphatic carboxylic acids is 1. The molecule has 2 unspecified atom stereocenters. The third kappa shape index (κ3) is 7.89. The summed E-state index contributed by atoms with van der Waals surface area (Å²) in [7, 11) is 0. The second-order valence-corrected chi connectivity index (χ2v) is 7.13. The minimum atomic E-state index is -3.66. The van der Waals surface area contributed by atoms with Gasteiger partial charge in [-0.25, -0.2) is 4.79 Å². The summed E-state index contributed by atoms with van der Waals surface area (Å²) < 4.78 is 15.3. The van der Waals surface area contributed by atoms with Crippen molar-refractivity contribution in [1.29, 1.82) is 0 Å². The van der Waals surface area contributed by atoms with Gasteiger partial charge in [0.1, 0.15) is 6.08 Å².